The highest BCUT2D eigenvalue weighted by molar-refractivity contribution is 5.89. The standard InChI is InChI=1S/C16H22N6O/c1-12-11-14(22(2)3)21-15(19-12)17-9-10-18-16(23)20-13-7-5-4-6-8-13/h4-8,11H,9-10H2,1-3H3,(H,17,19,21)(H2,18,20,23). The first-order chi connectivity index (χ1) is 11.0. The van der Waals surface area contributed by atoms with Crippen LogP contribution in [0.1, 0.15) is 5.69 Å². The highest BCUT2D eigenvalue weighted by Crippen LogP contribution is 2.11. The van der Waals surface area contributed by atoms with Gasteiger partial charge in [0.25, 0.3) is 0 Å². The number of nitrogens with one attached hydrogen (secondary N) is 3. The maximum atomic E-state index is 11.7. The highest BCUT2D eigenvalue weighted by atomic mass is 16.2. The SMILES string of the molecule is Cc1cc(N(C)C)nc(NCCNC(=O)Nc2ccccc2)n1. The fourth-order valence-electron chi connectivity index (χ4n) is 1.91. The van der Waals surface area contributed by atoms with Crippen molar-refractivity contribution in [3.63, 3.8) is 0 Å². The number of rotatable bonds is 6. The molecule has 1 heterocycles. The van der Waals surface area contributed by atoms with Gasteiger partial charge in [-0.25, -0.2) is 9.78 Å². The Labute approximate surface area is 136 Å². The van der Waals surface area contributed by atoms with Crippen molar-refractivity contribution in [3.8, 4) is 0 Å². The topological polar surface area (TPSA) is 82.2 Å². The van der Waals surface area contributed by atoms with Gasteiger partial charge in [0.2, 0.25) is 5.95 Å². The van der Waals surface area contributed by atoms with Crippen LogP contribution in [0.3, 0.4) is 0 Å². The number of urea groups is 1. The Kier molecular flexibility index (Phi) is 5.74. The quantitative estimate of drug-likeness (QED) is 0.711. The number of anilines is 3. The minimum absolute atomic E-state index is 0.239. The molecule has 3 N–H and O–H groups in total. The molecule has 0 unspecified atom stereocenters. The Bertz CT molecular complexity index is 644. The van der Waals surface area contributed by atoms with Crippen LogP contribution in [0.4, 0.5) is 22.2 Å². The van der Waals surface area contributed by atoms with E-state index in [1.807, 2.05) is 62.3 Å². The number of nitrogens with zero attached hydrogens (tertiary/aromatic N) is 3. The number of para-hydroxylation sites is 1. The van der Waals surface area contributed by atoms with Gasteiger partial charge in [0.05, 0.1) is 0 Å². The number of hydrogen-bond acceptors (Lipinski definition) is 5. The van der Waals surface area contributed by atoms with E-state index in [1.54, 1.807) is 0 Å². The van der Waals surface area contributed by atoms with Gasteiger partial charge in [-0.15, -0.1) is 0 Å². The van der Waals surface area contributed by atoms with Gasteiger partial charge in [-0.3, -0.25) is 0 Å². The van der Waals surface area contributed by atoms with Gasteiger partial charge in [0, 0.05) is 44.6 Å². The summed E-state index contributed by atoms with van der Waals surface area (Å²) in [6.45, 7) is 2.93. The molecule has 2 aromatic rings. The molecule has 0 saturated carbocycles. The van der Waals surface area contributed by atoms with E-state index in [0.29, 0.717) is 19.0 Å². The molecule has 2 amide bonds. The molecule has 7 heteroatoms. The molecule has 0 spiro atoms. The molecule has 0 saturated heterocycles. The van der Waals surface area contributed by atoms with Crippen LogP contribution in [0.25, 0.3) is 0 Å². The number of benzene rings is 1. The Morgan fingerprint density at radius 1 is 1.13 bits per heavy atom. The maximum absolute atomic E-state index is 11.7. The van der Waals surface area contributed by atoms with E-state index in [0.717, 1.165) is 17.2 Å². The first-order valence-electron chi connectivity index (χ1n) is 7.41. The van der Waals surface area contributed by atoms with Gasteiger partial charge in [-0.1, -0.05) is 18.2 Å². The van der Waals surface area contributed by atoms with Crippen LogP contribution in [0.15, 0.2) is 36.4 Å². The largest absolute Gasteiger partial charge is 0.363 e. The summed E-state index contributed by atoms with van der Waals surface area (Å²) in [6, 6.07) is 11.0. The fourth-order valence-corrected chi connectivity index (χ4v) is 1.91. The Balaban J connectivity index is 1.76. The van der Waals surface area contributed by atoms with Crippen molar-refractivity contribution >= 4 is 23.5 Å². The van der Waals surface area contributed by atoms with Gasteiger partial charge < -0.3 is 20.9 Å². The minimum Gasteiger partial charge on any atom is -0.363 e. The average Bonchev–Trinajstić information content (AvgIpc) is 2.52. The Morgan fingerprint density at radius 3 is 2.57 bits per heavy atom. The summed E-state index contributed by atoms with van der Waals surface area (Å²) in [6.07, 6.45) is 0. The second-order valence-corrected chi connectivity index (χ2v) is 5.26. The van der Waals surface area contributed by atoms with Crippen LogP contribution >= 0.6 is 0 Å². The number of aromatic nitrogens is 2. The van der Waals surface area contributed by atoms with E-state index >= 15 is 0 Å². The van der Waals surface area contributed by atoms with Gasteiger partial charge in [0.15, 0.2) is 0 Å². The Morgan fingerprint density at radius 2 is 1.87 bits per heavy atom. The summed E-state index contributed by atoms with van der Waals surface area (Å²) in [4.78, 5) is 22.4. The molecule has 0 aliphatic heterocycles. The van der Waals surface area contributed by atoms with Crippen molar-refractivity contribution in [2.75, 3.05) is 42.7 Å². The summed E-state index contributed by atoms with van der Waals surface area (Å²) in [5, 5.41) is 8.64. The normalized spacial score (nSPS) is 10.0. The van der Waals surface area contributed by atoms with Crippen LogP contribution in [0.5, 0.6) is 0 Å². The molecular weight excluding hydrogens is 292 g/mol. The monoisotopic (exact) mass is 314 g/mol. The van der Waals surface area contributed by atoms with E-state index in [9.17, 15) is 4.79 Å². The molecule has 1 aromatic carbocycles. The lowest BCUT2D eigenvalue weighted by Gasteiger charge is -2.14. The lowest BCUT2D eigenvalue weighted by Crippen LogP contribution is -2.32. The molecule has 0 aliphatic rings. The van der Waals surface area contributed by atoms with Gasteiger partial charge in [0.1, 0.15) is 5.82 Å². The van der Waals surface area contributed by atoms with Crippen molar-refractivity contribution in [2.24, 2.45) is 0 Å². The molecule has 0 radical (unpaired) electrons. The van der Waals surface area contributed by atoms with Crippen LogP contribution < -0.4 is 20.9 Å². The molecule has 122 valence electrons. The van der Waals surface area contributed by atoms with Crippen molar-refractivity contribution in [1.29, 1.82) is 0 Å². The highest BCUT2D eigenvalue weighted by Gasteiger charge is 2.04. The maximum Gasteiger partial charge on any atom is 0.319 e. The third-order valence-corrected chi connectivity index (χ3v) is 3.02. The molecule has 0 aliphatic carbocycles. The third-order valence-electron chi connectivity index (χ3n) is 3.02. The van der Waals surface area contributed by atoms with E-state index < -0.39 is 0 Å². The van der Waals surface area contributed by atoms with E-state index in [1.165, 1.54) is 0 Å². The molecule has 7 nitrogen and oxygen atoms in total. The summed E-state index contributed by atoms with van der Waals surface area (Å²) in [5.41, 5.74) is 1.65. The lowest BCUT2D eigenvalue weighted by molar-refractivity contribution is 0.252. The predicted octanol–water partition coefficient (Wildman–Crippen LogP) is 2.08. The van der Waals surface area contributed by atoms with Crippen LogP contribution in [-0.2, 0) is 0 Å². The number of hydrogen-bond donors (Lipinski definition) is 3. The molecule has 23 heavy (non-hydrogen) atoms. The molecule has 0 atom stereocenters. The zero-order valence-corrected chi connectivity index (χ0v) is 13.6. The van der Waals surface area contributed by atoms with Crippen molar-refractivity contribution in [3.05, 3.63) is 42.1 Å². The molecule has 2 rings (SSSR count). The van der Waals surface area contributed by atoms with E-state index in [4.69, 9.17) is 0 Å². The predicted molar refractivity (Wildman–Crippen MR) is 93.0 cm³/mol. The third kappa shape index (κ3) is 5.46. The molecular formula is C16H22N6O. The van der Waals surface area contributed by atoms with Gasteiger partial charge in [-0.05, 0) is 19.1 Å². The van der Waals surface area contributed by atoms with Crippen molar-refractivity contribution < 1.29 is 4.79 Å². The van der Waals surface area contributed by atoms with Crippen molar-refractivity contribution in [2.45, 2.75) is 6.92 Å². The minimum atomic E-state index is -0.239. The van der Waals surface area contributed by atoms with E-state index in [2.05, 4.69) is 25.9 Å². The van der Waals surface area contributed by atoms with Crippen LogP contribution in [0.2, 0.25) is 0 Å². The number of carbonyl (C=O) groups is 1. The molecule has 0 fully saturated rings. The summed E-state index contributed by atoms with van der Waals surface area (Å²) in [5.74, 6) is 1.40. The number of amides is 2. The van der Waals surface area contributed by atoms with Crippen molar-refractivity contribution in [1.82, 2.24) is 15.3 Å². The number of aryl methyl sites for hydroxylation is 1. The number of carbonyl (C=O) groups excluding carboxylic acids is 1. The summed E-state index contributed by atoms with van der Waals surface area (Å²) in [7, 11) is 3.86. The summed E-state index contributed by atoms with van der Waals surface area (Å²) >= 11 is 0. The Hall–Kier alpha value is -2.83. The van der Waals surface area contributed by atoms with Crippen LogP contribution in [0, 0.1) is 6.92 Å². The van der Waals surface area contributed by atoms with Crippen LogP contribution in [-0.4, -0.2) is 43.2 Å². The zero-order valence-electron chi connectivity index (χ0n) is 13.6. The van der Waals surface area contributed by atoms with Gasteiger partial charge >= 0.3 is 6.03 Å². The summed E-state index contributed by atoms with van der Waals surface area (Å²) < 4.78 is 0. The average molecular weight is 314 g/mol. The first-order valence-corrected chi connectivity index (χ1v) is 7.41. The smallest absolute Gasteiger partial charge is 0.319 e. The van der Waals surface area contributed by atoms with Gasteiger partial charge in [-0.2, -0.15) is 4.98 Å². The molecule has 0 bridgehead atoms. The molecule has 1 aromatic heterocycles. The second-order valence-electron chi connectivity index (χ2n) is 5.26. The fraction of sp³-hybridized carbons (Fsp3) is 0.312. The zero-order chi connectivity index (χ0) is 16.7. The second kappa shape index (κ2) is 7.98. The lowest BCUT2D eigenvalue weighted by atomic mass is 10.3. The van der Waals surface area contributed by atoms with E-state index in [-0.39, 0.29) is 6.03 Å². The first kappa shape index (κ1) is 16.5.